The van der Waals surface area contributed by atoms with E-state index in [1.807, 2.05) is 17.5 Å². The van der Waals surface area contributed by atoms with E-state index in [-0.39, 0.29) is 11.7 Å². The monoisotopic (exact) mass is 377 g/mol. The molecule has 0 unspecified atom stereocenters. The predicted octanol–water partition coefficient (Wildman–Crippen LogP) is 4.71. The lowest BCUT2D eigenvalue weighted by atomic mass is 10.1. The van der Waals surface area contributed by atoms with E-state index in [0.29, 0.717) is 39.3 Å². The van der Waals surface area contributed by atoms with Crippen LogP contribution in [0.15, 0.2) is 52.4 Å². The first-order valence-corrected chi connectivity index (χ1v) is 9.14. The number of Topliss-reactive ketones (excluding diaryl/α,β-unsaturated/α-hetero) is 1. The Kier molecular flexibility index (Phi) is 4.29. The number of carbonyl (C=O) groups excluding carboxylic acids is 2. The van der Waals surface area contributed by atoms with Gasteiger partial charge >= 0.3 is 0 Å². The molecule has 1 N–H and O–H groups in total. The molecule has 4 rings (SSSR count). The van der Waals surface area contributed by atoms with E-state index >= 15 is 0 Å². The number of hydrogen-bond acceptors (Lipinski definition) is 6. The molecule has 3 heterocycles. The third kappa shape index (κ3) is 3.24. The van der Waals surface area contributed by atoms with Crippen LogP contribution < -0.4 is 5.32 Å². The maximum atomic E-state index is 13.0. The molecule has 134 valence electrons. The number of anilines is 1. The number of benzene rings is 1. The fraction of sp³-hybridized carbons (Fsp3) is 0.100. The summed E-state index contributed by atoms with van der Waals surface area (Å²) in [6, 6.07) is 12.4. The van der Waals surface area contributed by atoms with Gasteiger partial charge in [0.25, 0.3) is 11.6 Å². The predicted molar refractivity (Wildman–Crippen MR) is 104 cm³/mol. The maximum absolute atomic E-state index is 13.0. The van der Waals surface area contributed by atoms with Crippen molar-refractivity contribution in [2.24, 2.45) is 0 Å². The summed E-state index contributed by atoms with van der Waals surface area (Å²) < 4.78 is 5.30. The van der Waals surface area contributed by atoms with Gasteiger partial charge in [-0.3, -0.25) is 9.59 Å². The molecule has 0 aliphatic heterocycles. The third-order valence-electron chi connectivity index (χ3n) is 4.16. The van der Waals surface area contributed by atoms with Crippen LogP contribution in [0.4, 0.5) is 5.69 Å². The van der Waals surface area contributed by atoms with Crippen molar-refractivity contribution in [2.75, 3.05) is 5.32 Å². The normalized spacial score (nSPS) is 10.9. The summed E-state index contributed by atoms with van der Waals surface area (Å²) in [4.78, 5) is 30.0. The molecule has 0 saturated carbocycles. The van der Waals surface area contributed by atoms with E-state index in [1.54, 1.807) is 37.3 Å². The Balaban J connectivity index is 1.78. The number of hydrogen-bond donors (Lipinski definition) is 1. The van der Waals surface area contributed by atoms with Crippen LogP contribution in [0.5, 0.6) is 0 Å². The van der Waals surface area contributed by atoms with Crippen LogP contribution >= 0.6 is 11.3 Å². The molecule has 0 aliphatic rings. The van der Waals surface area contributed by atoms with Gasteiger partial charge in [-0.2, -0.15) is 0 Å². The molecule has 0 spiro atoms. The smallest absolute Gasteiger partial charge is 0.259 e. The summed E-state index contributed by atoms with van der Waals surface area (Å²) in [6.45, 7) is 3.26. The van der Waals surface area contributed by atoms with Crippen LogP contribution in [0.3, 0.4) is 0 Å². The van der Waals surface area contributed by atoms with Crippen molar-refractivity contribution in [1.82, 2.24) is 10.1 Å². The van der Waals surface area contributed by atoms with E-state index < -0.39 is 0 Å². The van der Waals surface area contributed by atoms with Gasteiger partial charge in [0.2, 0.25) is 0 Å². The standard InChI is InChI=1S/C20H15N3O3S/c1-11-18-15(19(25)21-14-6-3-5-13(9-14)12(2)24)10-16(17-7-4-8-27-17)22-20(18)26-23-11/h3-10H,1-2H3,(H,21,25). The highest BCUT2D eigenvalue weighted by Gasteiger charge is 2.20. The fourth-order valence-corrected chi connectivity index (χ4v) is 3.52. The van der Waals surface area contributed by atoms with Crippen molar-refractivity contribution in [3.63, 3.8) is 0 Å². The number of nitrogens with zero attached hydrogens (tertiary/aromatic N) is 2. The summed E-state index contributed by atoms with van der Waals surface area (Å²) in [7, 11) is 0. The zero-order valence-electron chi connectivity index (χ0n) is 14.6. The lowest BCUT2D eigenvalue weighted by molar-refractivity contribution is 0.101. The highest BCUT2D eigenvalue weighted by Crippen LogP contribution is 2.30. The molecule has 4 aromatic rings. The molecular weight excluding hydrogens is 362 g/mol. The van der Waals surface area contributed by atoms with Crippen LogP contribution in [0.2, 0.25) is 0 Å². The summed E-state index contributed by atoms with van der Waals surface area (Å²) in [5.74, 6) is -0.375. The van der Waals surface area contributed by atoms with Crippen molar-refractivity contribution >= 4 is 39.8 Å². The molecule has 1 amide bonds. The quantitative estimate of drug-likeness (QED) is 0.520. The van der Waals surface area contributed by atoms with Gasteiger partial charge in [0, 0.05) is 11.3 Å². The molecule has 0 atom stereocenters. The van der Waals surface area contributed by atoms with E-state index in [1.165, 1.54) is 18.3 Å². The topological polar surface area (TPSA) is 85.1 Å². The molecule has 6 nitrogen and oxygen atoms in total. The summed E-state index contributed by atoms with van der Waals surface area (Å²) in [5, 5.41) is 9.32. The third-order valence-corrected chi connectivity index (χ3v) is 5.05. The van der Waals surface area contributed by atoms with E-state index in [2.05, 4.69) is 15.5 Å². The number of thiophene rings is 1. The number of rotatable bonds is 4. The number of nitrogens with one attached hydrogen (secondary N) is 1. The van der Waals surface area contributed by atoms with Crippen LogP contribution in [-0.4, -0.2) is 21.8 Å². The van der Waals surface area contributed by atoms with E-state index in [4.69, 9.17) is 4.52 Å². The Morgan fingerprint density at radius 2 is 2.00 bits per heavy atom. The summed E-state index contributed by atoms with van der Waals surface area (Å²) in [6.07, 6.45) is 0. The second-order valence-electron chi connectivity index (χ2n) is 6.07. The van der Waals surface area contributed by atoms with Gasteiger partial charge in [-0.25, -0.2) is 4.98 Å². The first-order valence-electron chi connectivity index (χ1n) is 8.26. The van der Waals surface area contributed by atoms with Gasteiger partial charge in [0.1, 0.15) is 0 Å². The fourth-order valence-electron chi connectivity index (χ4n) is 2.84. The number of ketones is 1. The minimum atomic E-state index is -0.313. The maximum Gasteiger partial charge on any atom is 0.259 e. The number of aryl methyl sites for hydroxylation is 1. The van der Waals surface area contributed by atoms with Crippen LogP contribution in [0, 0.1) is 6.92 Å². The highest BCUT2D eigenvalue weighted by molar-refractivity contribution is 7.13. The van der Waals surface area contributed by atoms with Crippen molar-refractivity contribution in [1.29, 1.82) is 0 Å². The number of carbonyl (C=O) groups is 2. The SMILES string of the molecule is CC(=O)c1cccc(NC(=O)c2cc(-c3cccs3)nc3onc(C)c23)c1. The second-order valence-corrected chi connectivity index (χ2v) is 7.02. The van der Waals surface area contributed by atoms with E-state index in [9.17, 15) is 9.59 Å². The summed E-state index contributed by atoms with van der Waals surface area (Å²) in [5.41, 5.74) is 3.07. The molecule has 1 aromatic carbocycles. The minimum Gasteiger partial charge on any atom is -0.335 e. The van der Waals surface area contributed by atoms with Gasteiger partial charge in [0.05, 0.1) is 27.2 Å². The lowest BCUT2D eigenvalue weighted by Gasteiger charge is -2.08. The van der Waals surface area contributed by atoms with Gasteiger partial charge in [-0.1, -0.05) is 23.4 Å². The Hall–Kier alpha value is -3.32. The number of amides is 1. The number of fused-ring (bicyclic) bond motifs is 1. The number of aromatic nitrogens is 2. The molecule has 0 radical (unpaired) electrons. The molecule has 7 heteroatoms. The van der Waals surface area contributed by atoms with Gasteiger partial charge in [-0.05, 0) is 43.5 Å². The number of pyridine rings is 1. The first kappa shape index (κ1) is 17.1. The molecule has 27 heavy (non-hydrogen) atoms. The van der Waals surface area contributed by atoms with Crippen LogP contribution in [0.25, 0.3) is 21.7 Å². The summed E-state index contributed by atoms with van der Waals surface area (Å²) >= 11 is 1.53. The Morgan fingerprint density at radius 1 is 1.15 bits per heavy atom. The molecule has 0 saturated heterocycles. The lowest BCUT2D eigenvalue weighted by Crippen LogP contribution is -2.13. The largest absolute Gasteiger partial charge is 0.335 e. The van der Waals surface area contributed by atoms with Crippen molar-refractivity contribution in [3.05, 3.63) is 64.7 Å². The zero-order chi connectivity index (χ0) is 19.0. The Morgan fingerprint density at radius 3 is 2.74 bits per heavy atom. The molecule has 0 aliphatic carbocycles. The van der Waals surface area contributed by atoms with Crippen molar-refractivity contribution in [2.45, 2.75) is 13.8 Å². The molecular formula is C20H15N3O3S. The molecule has 0 fully saturated rings. The van der Waals surface area contributed by atoms with Crippen molar-refractivity contribution < 1.29 is 14.1 Å². The Labute approximate surface area is 158 Å². The molecule has 0 bridgehead atoms. The first-order chi connectivity index (χ1) is 13.0. The van der Waals surface area contributed by atoms with Gasteiger partial charge < -0.3 is 9.84 Å². The average Bonchev–Trinajstić information content (AvgIpc) is 3.31. The van der Waals surface area contributed by atoms with Crippen LogP contribution in [0.1, 0.15) is 33.3 Å². The van der Waals surface area contributed by atoms with Gasteiger partial charge in [0.15, 0.2) is 5.78 Å². The second kappa shape index (κ2) is 6.77. The Bertz CT molecular complexity index is 1160. The zero-order valence-corrected chi connectivity index (χ0v) is 15.5. The van der Waals surface area contributed by atoms with Crippen LogP contribution in [-0.2, 0) is 0 Å². The average molecular weight is 377 g/mol. The highest BCUT2D eigenvalue weighted by atomic mass is 32.1. The molecule has 3 aromatic heterocycles. The van der Waals surface area contributed by atoms with Gasteiger partial charge in [-0.15, -0.1) is 11.3 Å². The minimum absolute atomic E-state index is 0.0627. The van der Waals surface area contributed by atoms with E-state index in [0.717, 1.165) is 4.88 Å². The van der Waals surface area contributed by atoms with Crippen molar-refractivity contribution in [3.8, 4) is 10.6 Å².